The number of piperidine rings is 1. The lowest BCUT2D eigenvalue weighted by molar-refractivity contribution is 0.0264. The lowest BCUT2D eigenvalue weighted by Crippen LogP contribution is -2.47. The van der Waals surface area contributed by atoms with Gasteiger partial charge in [-0.05, 0) is 45.2 Å². The number of guanidine groups is 1. The number of aliphatic imine (C=N–C) groups is 1. The van der Waals surface area contributed by atoms with Gasteiger partial charge in [0.1, 0.15) is 0 Å². The second-order valence-electron chi connectivity index (χ2n) is 6.38. The van der Waals surface area contributed by atoms with Crippen molar-refractivity contribution in [3.05, 3.63) is 27.4 Å². The van der Waals surface area contributed by atoms with Gasteiger partial charge in [0.15, 0.2) is 5.96 Å². The number of thiazole rings is 1. The first-order valence-electron chi connectivity index (χ1n) is 9.28. The zero-order valence-corrected chi connectivity index (χ0v) is 20.2. The van der Waals surface area contributed by atoms with E-state index in [1.165, 1.54) is 9.75 Å². The van der Waals surface area contributed by atoms with Gasteiger partial charge in [-0.2, -0.15) is 0 Å². The summed E-state index contributed by atoms with van der Waals surface area (Å²) in [6.45, 7) is 7.84. The molecule has 2 aromatic heterocycles. The smallest absolute Gasteiger partial charge is 0.193 e. The highest BCUT2D eigenvalue weighted by Gasteiger charge is 2.21. The maximum absolute atomic E-state index is 5.73. The maximum atomic E-state index is 5.73. The number of nitrogens with zero attached hydrogens (tertiary/aromatic N) is 3. The molecule has 0 saturated carbocycles. The van der Waals surface area contributed by atoms with Crippen LogP contribution in [-0.4, -0.2) is 55.2 Å². The molecule has 1 fully saturated rings. The van der Waals surface area contributed by atoms with Gasteiger partial charge < -0.3 is 15.0 Å². The third kappa shape index (κ3) is 6.40. The van der Waals surface area contributed by atoms with Gasteiger partial charge in [0.25, 0.3) is 0 Å². The van der Waals surface area contributed by atoms with Crippen molar-refractivity contribution >= 4 is 52.6 Å². The minimum Gasteiger partial charge on any atom is -0.378 e. The minimum absolute atomic E-state index is 0. The first-order chi connectivity index (χ1) is 12.7. The van der Waals surface area contributed by atoms with E-state index in [4.69, 9.17) is 4.74 Å². The summed E-state index contributed by atoms with van der Waals surface area (Å²) in [6.07, 6.45) is 3.57. The number of nitrogens with one attached hydrogen (secondary N) is 1. The topological polar surface area (TPSA) is 49.8 Å². The van der Waals surface area contributed by atoms with Crippen LogP contribution in [0.5, 0.6) is 0 Å². The molecule has 0 bridgehead atoms. The number of aryl methyl sites for hydroxylation is 1. The predicted octanol–water partition coefficient (Wildman–Crippen LogP) is 4.42. The standard InChI is InChI=1S/C19H28N4OS2.HI/c1-4-24-15-8-11-23(12-9-15)19(20-3)21-10-7-16-5-6-18(26-16)17-13-25-14(2)22-17;/h5-6,13,15H,4,7-12H2,1-3H3,(H,20,21);1H. The van der Waals surface area contributed by atoms with E-state index >= 15 is 0 Å². The van der Waals surface area contributed by atoms with Gasteiger partial charge in [-0.25, -0.2) is 4.98 Å². The molecular formula is C19H29IN4OS2. The van der Waals surface area contributed by atoms with E-state index in [0.29, 0.717) is 6.10 Å². The van der Waals surface area contributed by atoms with Crippen molar-refractivity contribution in [2.75, 3.05) is 33.3 Å². The van der Waals surface area contributed by atoms with Crippen LogP contribution < -0.4 is 5.32 Å². The molecule has 150 valence electrons. The number of halogens is 1. The monoisotopic (exact) mass is 520 g/mol. The van der Waals surface area contributed by atoms with E-state index in [9.17, 15) is 0 Å². The fourth-order valence-corrected chi connectivity index (χ4v) is 4.88. The number of thiophene rings is 1. The fraction of sp³-hybridized carbons (Fsp3) is 0.579. The number of rotatable bonds is 6. The highest BCUT2D eigenvalue weighted by Crippen LogP contribution is 2.29. The lowest BCUT2D eigenvalue weighted by atomic mass is 10.1. The van der Waals surface area contributed by atoms with Gasteiger partial charge in [0.2, 0.25) is 0 Å². The van der Waals surface area contributed by atoms with Crippen LogP contribution in [0.3, 0.4) is 0 Å². The van der Waals surface area contributed by atoms with E-state index in [1.54, 1.807) is 11.3 Å². The summed E-state index contributed by atoms with van der Waals surface area (Å²) in [5.74, 6) is 1.01. The van der Waals surface area contributed by atoms with Crippen molar-refractivity contribution in [3.8, 4) is 10.6 Å². The fourth-order valence-electron chi connectivity index (χ4n) is 3.23. The molecule has 3 heterocycles. The highest BCUT2D eigenvalue weighted by atomic mass is 127. The zero-order valence-electron chi connectivity index (χ0n) is 16.2. The number of hydrogen-bond acceptors (Lipinski definition) is 5. The molecule has 0 aromatic carbocycles. The van der Waals surface area contributed by atoms with Crippen LogP contribution >= 0.6 is 46.7 Å². The quantitative estimate of drug-likeness (QED) is 0.348. The molecule has 1 aliphatic heterocycles. The third-order valence-electron chi connectivity index (χ3n) is 4.54. The molecule has 27 heavy (non-hydrogen) atoms. The normalized spacial score (nSPS) is 15.7. The number of ether oxygens (including phenoxy) is 1. The molecule has 1 aliphatic rings. The van der Waals surface area contributed by atoms with Crippen LogP contribution in [0.15, 0.2) is 22.5 Å². The van der Waals surface area contributed by atoms with Crippen molar-refractivity contribution in [1.29, 1.82) is 0 Å². The molecule has 0 amide bonds. The van der Waals surface area contributed by atoms with Gasteiger partial charge in [0.05, 0.1) is 21.7 Å². The maximum Gasteiger partial charge on any atom is 0.193 e. The molecule has 0 spiro atoms. The first-order valence-corrected chi connectivity index (χ1v) is 11.0. The lowest BCUT2D eigenvalue weighted by Gasteiger charge is -2.34. The number of hydrogen-bond donors (Lipinski definition) is 1. The molecule has 1 N–H and O–H groups in total. The second kappa shape index (κ2) is 11.3. The number of aromatic nitrogens is 1. The Morgan fingerprint density at radius 2 is 2.15 bits per heavy atom. The van der Waals surface area contributed by atoms with E-state index in [-0.39, 0.29) is 24.0 Å². The Bertz CT molecular complexity index is 723. The van der Waals surface area contributed by atoms with Gasteiger partial charge >= 0.3 is 0 Å². The van der Waals surface area contributed by atoms with Crippen molar-refractivity contribution in [2.24, 2.45) is 4.99 Å². The Labute approximate surface area is 187 Å². The van der Waals surface area contributed by atoms with E-state index in [0.717, 1.165) is 62.2 Å². The Morgan fingerprint density at radius 1 is 1.37 bits per heavy atom. The summed E-state index contributed by atoms with van der Waals surface area (Å²) in [6, 6.07) is 4.40. The SMILES string of the molecule is CCOC1CCN(C(=NC)NCCc2ccc(-c3csc(C)n3)s2)CC1.I. The van der Waals surface area contributed by atoms with Crippen molar-refractivity contribution in [2.45, 2.75) is 39.2 Å². The van der Waals surface area contributed by atoms with E-state index < -0.39 is 0 Å². The van der Waals surface area contributed by atoms with Crippen LogP contribution in [0.1, 0.15) is 29.7 Å². The summed E-state index contributed by atoms with van der Waals surface area (Å²) in [5, 5.41) is 6.77. The van der Waals surface area contributed by atoms with Crippen molar-refractivity contribution in [1.82, 2.24) is 15.2 Å². The molecule has 0 aliphatic carbocycles. The molecule has 0 radical (unpaired) electrons. The minimum atomic E-state index is 0. The van der Waals surface area contributed by atoms with Crippen LogP contribution in [0.25, 0.3) is 10.6 Å². The van der Waals surface area contributed by atoms with Crippen LogP contribution in [0, 0.1) is 6.92 Å². The summed E-state index contributed by atoms with van der Waals surface area (Å²) in [5.41, 5.74) is 1.10. The van der Waals surface area contributed by atoms with E-state index in [1.807, 2.05) is 18.4 Å². The van der Waals surface area contributed by atoms with Crippen LogP contribution in [0.2, 0.25) is 0 Å². The molecule has 3 rings (SSSR count). The Kier molecular flexibility index (Phi) is 9.47. The van der Waals surface area contributed by atoms with Crippen LogP contribution in [0.4, 0.5) is 0 Å². The zero-order chi connectivity index (χ0) is 18.4. The number of likely N-dealkylation sites (tertiary alicyclic amines) is 1. The van der Waals surface area contributed by atoms with Crippen molar-refractivity contribution < 1.29 is 4.74 Å². The Morgan fingerprint density at radius 3 is 2.78 bits per heavy atom. The second-order valence-corrected chi connectivity index (χ2v) is 8.61. The predicted molar refractivity (Wildman–Crippen MR) is 127 cm³/mol. The molecule has 0 unspecified atom stereocenters. The molecule has 8 heteroatoms. The first kappa shape index (κ1) is 22.6. The van der Waals surface area contributed by atoms with Gasteiger partial charge in [0, 0.05) is 43.5 Å². The molecular weight excluding hydrogens is 491 g/mol. The van der Waals surface area contributed by atoms with Crippen LogP contribution in [-0.2, 0) is 11.2 Å². The van der Waals surface area contributed by atoms with Gasteiger partial charge in [-0.1, -0.05) is 0 Å². The van der Waals surface area contributed by atoms with Crippen molar-refractivity contribution in [3.63, 3.8) is 0 Å². The summed E-state index contributed by atoms with van der Waals surface area (Å²) >= 11 is 3.54. The highest BCUT2D eigenvalue weighted by molar-refractivity contribution is 14.0. The largest absolute Gasteiger partial charge is 0.378 e. The van der Waals surface area contributed by atoms with E-state index in [2.05, 4.69) is 51.6 Å². The van der Waals surface area contributed by atoms with Gasteiger partial charge in [-0.15, -0.1) is 46.7 Å². The third-order valence-corrected chi connectivity index (χ3v) is 6.48. The average Bonchev–Trinajstić information content (AvgIpc) is 3.29. The molecule has 0 atom stereocenters. The molecule has 2 aromatic rings. The summed E-state index contributed by atoms with van der Waals surface area (Å²) < 4.78 is 5.73. The summed E-state index contributed by atoms with van der Waals surface area (Å²) in [4.78, 5) is 14.0. The molecule has 5 nitrogen and oxygen atoms in total. The average molecular weight is 521 g/mol. The Balaban J connectivity index is 0.00000261. The summed E-state index contributed by atoms with van der Waals surface area (Å²) in [7, 11) is 1.87. The molecule has 1 saturated heterocycles. The van der Waals surface area contributed by atoms with Gasteiger partial charge in [-0.3, -0.25) is 4.99 Å². The Hall–Kier alpha value is -0.710.